The van der Waals surface area contributed by atoms with Gasteiger partial charge in [-0.3, -0.25) is 9.59 Å². The summed E-state index contributed by atoms with van der Waals surface area (Å²) in [5.74, 6) is -0.243. The van der Waals surface area contributed by atoms with Gasteiger partial charge in [0.15, 0.2) is 0 Å². The lowest BCUT2D eigenvalue weighted by molar-refractivity contribution is -0.123. The fraction of sp³-hybridized carbons (Fsp3) is 0.286. The van der Waals surface area contributed by atoms with Gasteiger partial charge in [0.2, 0.25) is 0 Å². The zero-order valence-electron chi connectivity index (χ0n) is 16.4. The summed E-state index contributed by atoms with van der Waals surface area (Å²) in [5, 5.41) is 7.30. The Balaban J connectivity index is 2.06. The van der Waals surface area contributed by atoms with Gasteiger partial charge < -0.3 is 10.1 Å². The Morgan fingerprint density at radius 2 is 1.90 bits per heavy atom. The third-order valence-corrected chi connectivity index (χ3v) is 4.74. The van der Waals surface area contributed by atoms with E-state index in [1.807, 2.05) is 39.0 Å². The first kappa shape index (κ1) is 22.9. The molecule has 0 radical (unpaired) electrons. The normalized spacial score (nSPS) is 12.1. The van der Waals surface area contributed by atoms with E-state index in [4.69, 9.17) is 16.3 Å². The van der Waals surface area contributed by atoms with Gasteiger partial charge in [0, 0.05) is 20.6 Å². The Kier molecular flexibility index (Phi) is 8.67. The van der Waals surface area contributed by atoms with Gasteiger partial charge in [-0.1, -0.05) is 41.4 Å². The molecule has 2 N–H and O–H groups in total. The fourth-order valence-electron chi connectivity index (χ4n) is 2.50. The molecule has 2 amide bonds. The number of carbonyl (C=O) groups excluding carboxylic acids is 2. The molecule has 0 spiro atoms. The van der Waals surface area contributed by atoms with Crippen LogP contribution < -0.4 is 15.5 Å². The highest BCUT2D eigenvalue weighted by Crippen LogP contribution is 2.21. The summed E-state index contributed by atoms with van der Waals surface area (Å²) < 4.78 is 6.42. The lowest BCUT2D eigenvalue weighted by Crippen LogP contribution is -2.48. The molecule has 154 valence electrons. The molecule has 6 nitrogen and oxygen atoms in total. The van der Waals surface area contributed by atoms with E-state index in [-0.39, 0.29) is 11.8 Å². The quantitative estimate of drug-likeness (QED) is 0.434. The van der Waals surface area contributed by atoms with Crippen LogP contribution in [0.15, 0.2) is 52.0 Å². The Hall–Kier alpha value is -2.38. The molecule has 0 aliphatic carbocycles. The average molecular weight is 481 g/mol. The second-order valence-corrected chi connectivity index (χ2v) is 7.90. The van der Waals surface area contributed by atoms with Crippen LogP contribution in [0.5, 0.6) is 5.75 Å². The van der Waals surface area contributed by atoms with E-state index in [0.717, 1.165) is 4.47 Å². The summed E-state index contributed by atoms with van der Waals surface area (Å²) in [5.41, 5.74) is 3.63. The number of benzene rings is 2. The molecule has 1 atom stereocenters. The van der Waals surface area contributed by atoms with Crippen LogP contribution in [0.2, 0.25) is 5.02 Å². The molecule has 0 aliphatic heterocycles. The van der Waals surface area contributed by atoms with E-state index in [1.165, 1.54) is 6.21 Å². The molecular weight excluding hydrogens is 458 g/mol. The maximum Gasteiger partial charge on any atom is 0.262 e. The number of amides is 2. The van der Waals surface area contributed by atoms with Crippen molar-refractivity contribution in [1.29, 1.82) is 0 Å². The third kappa shape index (κ3) is 6.87. The monoisotopic (exact) mass is 479 g/mol. The first-order valence-corrected chi connectivity index (χ1v) is 10.3. The van der Waals surface area contributed by atoms with Gasteiger partial charge in [-0.2, -0.15) is 5.10 Å². The van der Waals surface area contributed by atoms with Crippen molar-refractivity contribution >= 4 is 45.6 Å². The summed E-state index contributed by atoms with van der Waals surface area (Å²) in [6.07, 6.45) is 1.51. The number of halogens is 2. The SMILES string of the molecule is CCOc1ccc(Br)cc1/C=N\NC(=O)C(NC(=O)c1ccc(Cl)cc1)C(C)C. The molecule has 0 fully saturated rings. The summed E-state index contributed by atoms with van der Waals surface area (Å²) in [4.78, 5) is 25.0. The van der Waals surface area contributed by atoms with E-state index in [0.29, 0.717) is 28.5 Å². The maximum absolute atomic E-state index is 12.6. The third-order valence-electron chi connectivity index (χ3n) is 3.99. The lowest BCUT2D eigenvalue weighted by Gasteiger charge is -2.20. The van der Waals surface area contributed by atoms with E-state index < -0.39 is 11.9 Å². The summed E-state index contributed by atoms with van der Waals surface area (Å²) in [6.45, 7) is 6.09. The van der Waals surface area contributed by atoms with Crippen molar-refractivity contribution in [2.45, 2.75) is 26.8 Å². The van der Waals surface area contributed by atoms with Crippen LogP contribution in [0.4, 0.5) is 0 Å². The predicted octanol–water partition coefficient (Wildman–Crippen LogP) is 4.41. The number of carbonyl (C=O) groups is 2. The first-order valence-electron chi connectivity index (χ1n) is 9.13. The van der Waals surface area contributed by atoms with Crippen molar-refractivity contribution in [2.24, 2.45) is 11.0 Å². The molecule has 0 bridgehead atoms. The molecule has 0 aliphatic rings. The molecule has 2 aromatic carbocycles. The van der Waals surface area contributed by atoms with Crippen molar-refractivity contribution in [3.05, 3.63) is 63.1 Å². The van der Waals surface area contributed by atoms with Crippen LogP contribution >= 0.6 is 27.5 Å². The van der Waals surface area contributed by atoms with Crippen molar-refractivity contribution in [3.63, 3.8) is 0 Å². The first-order chi connectivity index (χ1) is 13.8. The minimum atomic E-state index is -0.746. The van der Waals surface area contributed by atoms with Crippen molar-refractivity contribution in [2.75, 3.05) is 6.61 Å². The van der Waals surface area contributed by atoms with Crippen molar-refractivity contribution in [1.82, 2.24) is 10.7 Å². The number of hydrogen-bond donors (Lipinski definition) is 2. The van der Waals surface area contributed by atoms with Crippen LogP contribution in [0.25, 0.3) is 0 Å². The maximum atomic E-state index is 12.6. The second-order valence-electron chi connectivity index (χ2n) is 6.55. The van der Waals surface area contributed by atoms with Gasteiger partial charge >= 0.3 is 0 Å². The predicted molar refractivity (Wildman–Crippen MR) is 119 cm³/mol. The summed E-state index contributed by atoms with van der Waals surface area (Å²) in [6, 6.07) is 11.2. The smallest absolute Gasteiger partial charge is 0.262 e. The second kappa shape index (κ2) is 11.0. The van der Waals surface area contributed by atoms with Gasteiger partial charge in [-0.25, -0.2) is 5.43 Å². The number of hydrazone groups is 1. The van der Waals surface area contributed by atoms with Gasteiger partial charge in [0.1, 0.15) is 11.8 Å². The zero-order valence-corrected chi connectivity index (χ0v) is 18.8. The number of nitrogens with zero attached hydrogens (tertiary/aromatic N) is 1. The minimum Gasteiger partial charge on any atom is -0.493 e. The van der Waals surface area contributed by atoms with E-state index in [9.17, 15) is 9.59 Å². The lowest BCUT2D eigenvalue weighted by atomic mass is 10.0. The average Bonchev–Trinajstić information content (AvgIpc) is 2.68. The minimum absolute atomic E-state index is 0.133. The number of nitrogens with one attached hydrogen (secondary N) is 2. The Morgan fingerprint density at radius 3 is 2.52 bits per heavy atom. The van der Waals surface area contributed by atoms with Crippen LogP contribution in [-0.4, -0.2) is 30.7 Å². The zero-order chi connectivity index (χ0) is 21.4. The van der Waals surface area contributed by atoms with Crippen LogP contribution in [-0.2, 0) is 4.79 Å². The molecule has 8 heteroatoms. The Morgan fingerprint density at radius 1 is 1.21 bits per heavy atom. The van der Waals surface area contributed by atoms with Crippen molar-refractivity contribution < 1.29 is 14.3 Å². The van der Waals surface area contributed by atoms with Crippen molar-refractivity contribution in [3.8, 4) is 5.75 Å². The highest BCUT2D eigenvalue weighted by molar-refractivity contribution is 9.10. The summed E-state index contributed by atoms with van der Waals surface area (Å²) in [7, 11) is 0. The highest BCUT2D eigenvalue weighted by Gasteiger charge is 2.24. The number of ether oxygens (including phenoxy) is 1. The molecular formula is C21H23BrClN3O3. The molecule has 29 heavy (non-hydrogen) atoms. The largest absolute Gasteiger partial charge is 0.493 e. The highest BCUT2D eigenvalue weighted by atomic mass is 79.9. The molecule has 0 saturated heterocycles. The molecule has 2 rings (SSSR count). The van der Waals surface area contributed by atoms with Gasteiger partial charge in [-0.15, -0.1) is 0 Å². The van der Waals surface area contributed by atoms with E-state index in [2.05, 4.69) is 31.8 Å². The number of hydrogen-bond acceptors (Lipinski definition) is 4. The van der Waals surface area contributed by atoms with E-state index >= 15 is 0 Å². The molecule has 0 saturated carbocycles. The van der Waals surface area contributed by atoms with Gasteiger partial charge in [0.25, 0.3) is 11.8 Å². The van der Waals surface area contributed by atoms with Gasteiger partial charge in [0.05, 0.1) is 12.8 Å². The fourth-order valence-corrected chi connectivity index (χ4v) is 3.01. The Labute approximate surface area is 183 Å². The van der Waals surface area contributed by atoms with Gasteiger partial charge in [-0.05, 0) is 55.3 Å². The summed E-state index contributed by atoms with van der Waals surface area (Å²) >= 11 is 9.25. The standard InChI is InChI=1S/C21H23BrClN3O3/c1-4-29-18-10-7-16(22)11-15(18)12-24-26-21(28)19(13(2)3)25-20(27)14-5-8-17(23)9-6-14/h5-13,19H,4H2,1-3H3,(H,25,27)(H,26,28)/b24-12-. The number of rotatable bonds is 8. The Bertz CT molecular complexity index is 885. The molecule has 2 aromatic rings. The van der Waals surface area contributed by atoms with Crippen LogP contribution in [0.1, 0.15) is 36.7 Å². The van der Waals surface area contributed by atoms with E-state index in [1.54, 1.807) is 24.3 Å². The van der Waals surface area contributed by atoms with Crippen LogP contribution in [0.3, 0.4) is 0 Å². The topological polar surface area (TPSA) is 79.8 Å². The molecule has 0 aromatic heterocycles. The molecule has 0 heterocycles. The van der Waals surface area contributed by atoms with Crippen LogP contribution in [0, 0.1) is 5.92 Å². The molecule has 1 unspecified atom stereocenters.